The van der Waals surface area contributed by atoms with Crippen molar-refractivity contribution >= 4 is 24.2 Å². The number of benzene rings is 1. The number of nitrogens with one attached hydrogen (secondary N) is 1. The Bertz CT molecular complexity index is 426. The van der Waals surface area contributed by atoms with Crippen LogP contribution in [0.5, 0.6) is 0 Å². The molecule has 5 nitrogen and oxygen atoms in total. The molecule has 0 aromatic heterocycles. The van der Waals surface area contributed by atoms with Crippen molar-refractivity contribution in [2.45, 2.75) is 26.3 Å². The monoisotopic (exact) mass is 313 g/mol. The molecule has 21 heavy (non-hydrogen) atoms. The van der Waals surface area contributed by atoms with Crippen molar-refractivity contribution in [1.29, 1.82) is 0 Å². The van der Waals surface area contributed by atoms with Crippen molar-refractivity contribution in [1.82, 2.24) is 10.2 Å². The van der Waals surface area contributed by atoms with E-state index in [-0.39, 0.29) is 30.8 Å². The van der Waals surface area contributed by atoms with Crippen LogP contribution in [0.3, 0.4) is 0 Å². The molecule has 6 heteroatoms. The lowest BCUT2D eigenvalue weighted by Gasteiger charge is -2.21. The molecular weight excluding hydrogens is 290 g/mol. The van der Waals surface area contributed by atoms with Gasteiger partial charge in [0.25, 0.3) is 0 Å². The first-order valence-corrected chi connectivity index (χ1v) is 6.95. The highest BCUT2D eigenvalue weighted by atomic mass is 35.5. The van der Waals surface area contributed by atoms with Gasteiger partial charge in [0.1, 0.15) is 0 Å². The van der Waals surface area contributed by atoms with E-state index in [0.717, 1.165) is 5.56 Å². The molecule has 0 spiro atoms. The fourth-order valence-electron chi connectivity index (χ4n) is 1.82. The highest BCUT2D eigenvalue weighted by molar-refractivity contribution is 5.85. The standard InChI is InChI=1S/C15H23N3O2.ClH/c1-2-18(12-13-7-4-3-5-8-13)15(20)11-17-14(19)9-6-10-16;/h3-5,7-8H,2,6,9-12,16H2,1H3,(H,17,19);1H. The van der Waals surface area contributed by atoms with Crippen LogP contribution in [0.15, 0.2) is 30.3 Å². The third-order valence-electron chi connectivity index (χ3n) is 3.00. The van der Waals surface area contributed by atoms with Gasteiger partial charge in [-0.2, -0.15) is 0 Å². The number of halogens is 1. The van der Waals surface area contributed by atoms with Gasteiger partial charge in [0.05, 0.1) is 6.54 Å². The van der Waals surface area contributed by atoms with Gasteiger partial charge in [-0.3, -0.25) is 9.59 Å². The van der Waals surface area contributed by atoms with Crippen LogP contribution in [-0.2, 0) is 16.1 Å². The molecule has 0 heterocycles. The van der Waals surface area contributed by atoms with E-state index in [4.69, 9.17) is 5.73 Å². The summed E-state index contributed by atoms with van der Waals surface area (Å²) in [7, 11) is 0. The highest BCUT2D eigenvalue weighted by Crippen LogP contribution is 2.04. The number of hydrogen-bond donors (Lipinski definition) is 2. The lowest BCUT2D eigenvalue weighted by Crippen LogP contribution is -2.39. The van der Waals surface area contributed by atoms with Crippen LogP contribution in [0.25, 0.3) is 0 Å². The average molecular weight is 314 g/mol. The zero-order valence-electron chi connectivity index (χ0n) is 12.4. The number of hydrogen-bond acceptors (Lipinski definition) is 3. The maximum atomic E-state index is 12.0. The van der Waals surface area contributed by atoms with Gasteiger partial charge in [0.15, 0.2) is 0 Å². The highest BCUT2D eigenvalue weighted by Gasteiger charge is 2.12. The minimum absolute atomic E-state index is 0. The number of carbonyl (C=O) groups is 2. The van der Waals surface area contributed by atoms with Gasteiger partial charge in [-0.25, -0.2) is 0 Å². The van der Waals surface area contributed by atoms with Gasteiger partial charge in [-0.15, -0.1) is 12.4 Å². The van der Waals surface area contributed by atoms with Crippen molar-refractivity contribution < 1.29 is 9.59 Å². The van der Waals surface area contributed by atoms with E-state index in [1.165, 1.54) is 0 Å². The van der Waals surface area contributed by atoms with E-state index in [0.29, 0.717) is 32.5 Å². The maximum Gasteiger partial charge on any atom is 0.242 e. The van der Waals surface area contributed by atoms with Crippen LogP contribution in [0, 0.1) is 0 Å². The third kappa shape index (κ3) is 7.68. The van der Waals surface area contributed by atoms with Crippen LogP contribution in [-0.4, -0.2) is 36.3 Å². The average Bonchev–Trinajstić information content (AvgIpc) is 2.49. The van der Waals surface area contributed by atoms with Crippen molar-refractivity contribution in [2.24, 2.45) is 5.73 Å². The number of carbonyl (C=O) groups excluding carboxylic acids is 2. The molecular formula is C15H24ClN3O2. The van der Waals surface area contributed by atoms with Gasteiger partial charge in [-0.1, -0.05) is 30.3 Å². The molecule has 0 fully saturated rings. The molecule has 0 saturated heterocycles. The Kier molecular flexibility index (Phi) is 10.3. The number of nitrogens with zero attached hydrogens (tertiary/aromatic N) is 1. The Morgan fingerprint density at radius 2 is 1.90 bits per heavy atom. The van der Waals surface area contributed by atoms with Gasteiger partial charge in [-0.05, 0) is 25.5 Å². The molecule has 0 saturated carbocycles. The van der Waals surface area contributed by atoms with Crippen molar-refractivity contribution in [3.63, 3.8) is 0 Å². The fourth-order valence-corrected chi connectivity index (χ4v) is 1.82. The summed E-state index contributed by atoms with van der Waals surface area (Å²) < 4.78 is 0. The first-order chi connectivity index (χ1) is 9.67. The molecule has 118 valence electrons. The lowest BCUT2D eigenvalue weighted by molar-refractivity contribution is -0.133. The van der Waals surface area contributed by atoms with Crippen LogP contribution in [0.1, 0.15) is 25.3 Å². The molecule has 2 amide bonds. The van der Waals surface area contributed by atoms with Crippen LogP contribution in [0.4, 0.5) is 0 Å². The smallest absolute Gasteiger partial charge is 0.242 e. The number of rotatable bonds is 8. The molecule has 1 aromatic rings. The SMILES string of the molecule is CCN(Cc1ccccc1)C(=O)CNC(=O)CCCN.Cl. The molecule has 1 rings (SSSR count). The molecule has 0 radical (unpaired) electrons. The Morgan fingerprint density at radius 3 is 2.48 bits per heavy atom. The van der Waals surface area contributed by atoms with Gasteiger partial charge < -0.3 is 16.0 Å². The summed E-state index contributed by atoms with van der Waals surface area (Å²) >= 11 is 0. The summed E-state index contributed by atoms with van der Waals surface area (Å²) in [6, 6.07) is 9.80. The summed E-state index contributed by atoms with van der Waals surface area (Å²) in [6.45, 7) is 3.64. The van der Waals surface area contributed by atoms with Crippen LogP contribution >= 0.6 is 12.4 Å². The predicted octanol–water partition coefficient (Wildman–Crippen LogP) is 1.31. The maximum absolute atomic E-state index is 12.0. The normalized spacial score (nSPS) is 9.62. The molecule has 0 aliphatic carbocycles. The first kappa shape index (κ1) is 19.4. The zero-order chi connectivity index (χ0) is 14.8. The van der Waals surface area contributed by atoms with Gasteiger partial charge >= 0.3 is 0 Å². The third-order valence-corrected chi connectivity index (χ3v) is 3.00. The Labute approximate surface area is 132 Å². The summed E-state index contributed by atoms with van der Waals surface area (Å²) in [4.78, 5) is 25.2. The number of amides is 2. The van der Waals surface area contributed by atoms with Crippen molar-refractivity contribution in [3.8, 4) is 0 Å². The quantitative estimate of drug-likeness (QED) is 0.760. The number of nitrogens with two attached hydrogens (primary N) is 1. The fraction of sp³-hybridized carbons (Fsp3) is 0.467. The van der Waals surface area contributed by atoms with E-state index in [2.05, 4.69) is 5.32 Å². The predicted molar refractivity (Wildman–Crippen MR) is 86.1 cm³/mol. The molecule has 0 unspecified atom stereocenters. The van der Waals surface area contributed by atoms with Crippen LogP contribution in [0.2, 0.25) is 0 Å². The summed E-state index contributed by atoms with van der Waals surface area (Å²) in [5.41, 5.74) is 6.41. The molecule has 3 N–H and O–H groups in total. The Balaban J connectivity index is 0.00000400. The summed E-state index contributed by atoms with van der Waals surface area (Å²) in [6.07, 6.45) is 1.01. The minimum atomic E-state index is -0.125. The van der Waals surface area contributed by atoms with E-state index in [1.54, 1.807) is 4.90 Å². The topological polar surface area (TPSA) is 75.4 Å². The lowest BCUT2D eigenvalue weighted by atomic mass is 10.2. The second-order valence-electron chi connectivity index (χ2n) is 4.56. The van der Waals surface area contributed by atoms with Crippen molar-refractivity contribution in [3.05, 3.63) is 35.9 Å². The van der Waals surface area contributed by atoms with Gasteiger partial charge in [0, 0.05) is 19.5 Å². The largest absolute Gasteiger partial charge is 0.347 e. The number of likely N-dealkylation sites (N-methyl/N-ethyl adjacent to an activating group) is 1. The minimum Gasteiger partial charge on any atom is -0.347 e. The molecule has 0 atom stereocenters. The van der Waals surface area contributed by atoms with E-state index < -0.39 is 0 Å². The second-order valence-corrected chi connectivity index (χ2v) is 4.56. The van der Waals surface area contributed by atoms with E-state index in [1.807, 2.05) is 37.3 Å². The van der Waals surface area contributed by atoms with Gasteiger partial charge in [0.2, 0.25) is 11.8 Å². The summed E-state index contributed by atoms with van der Waals surface area (Å²) in [5, 5.41) is 2.63. The zero-order valence-corrected chi connectivity index (χ0v) is 13.2. The molecule has 0 aliphatic heterocycles. The molecule has 0 bridgehead atoms. The van der Waals surface area contributed by atoms with Crippen LogP contribution < -0.4 is 11.1 Å². The molecule has 0 aliphatic rings. The molecule has 1 aromatic carbocycles. The van der Waals surface area contributed by atoms with E-state index >= 15 is 0 Å². The second kappa shape index (κ2) is 11.1. The Morgan fingerprint density at radius 1 is 1.24 bits per heavy atom. The Hall–Kier alpha value is -1.59. The first-order valence-electron chi connectivity index (χ1n) is 6.95. The summed E-state index contributed by atoms with van der Waals surface area (Å²) in [5.74, 6) is -0.197. The van der Waals surface area contributed by atoms with Crippen molar-refractivity contribution in [2.75, 3.05) is 19.6 Å². The van der Waals surface area contributed by atoms with E-state index in [9.17, 15) is 9.59 Å².